The van der Waals surface area contributed by atoms with E-state index in [0.29, 0.717) is 11.8 Å². The molecule has 20 heavy (non-hydrogen) atoms. The van der Waals surface area contributed by atoms with Gasteiger partial charge in [-0.2, -0.15) is 0 Å². The van der Waals surface area contributed by atoms with Crippen LogP contribution in [0.2, 0.25) is 0 Å². The number of carbonyl (C=O) groups is 1. The molecule has 2 atom stereocenters. The molecule has 2 heterocycles. The van der Waals surface area contributed by atoms with E-state index in [0.717, 1.165) is 25.8 Å². The van der Waals surface area contributed by atoms with E-state index in [2.05, 4.69) is 41.6 Å². The summed E-state index contributed by atoms with van der Waals surface area (Å²) in [4.78, 5) is 16.3. The van der Waals surface area contributed by atoms with Gasteiger partial charge in [0.2, 0.25) is 5.91 Å². The SMILES string of the molecule is CCC(C)CN1C(=O)C2(CCCC2)NC1c1cccs1. The monoisotopic (exact) mass is 292 g/mol. The third-order valence-corrected chi connectivity index (χ3v) is 5.79. The Balaban J connectivity index is 1.88. The number of hydrogen-bond acceptors (Lipinski definition) is 3. The molecule has 0 aromatic carbocycles. The average Bonchev–Trinajstić information content (AvgIpc) is 3.16. The fraction of sp³-hybridized carbons (Fsp3) is 0.688. The van der Waals surface area contributed by atoms with Gasteiger partial charge >= 0.3 is 0 Å². The lowest BCUT2D eigenvalue weighted by molar-refractivity contribution is -0.133. The van der Waals surface area contributed by atoms with Crippen molar-refractivity contribution in [3.05, 3.63) is 22.4 Å². The van der Waals surface area contributed by atoms with E-state index in [1.807, 2.05) is 0 Å². The zero-order valence-electron chi connectivity index (χ0n) is 12.4. The minimum atomic E-state index is -0.262. The van der Waals surface area contributed by atoms with Crippen LogP contribution in [0.4, 0.5) is 0 Å². The van der Waals surface area contributed by atoms with Crippen LogP contribution in [0.25, 0.3) is 0 Å². The van der Waals surface area contributed by atoms with Crippen molar-refractivity contribution < 1.29 is 4.79 Å². The van der Waals surface area contributed by atoms with Crippen LogP contribution in [0.15, 0.2) is 17.5 Å². The highest BCUT2D eigenvalue weighted by molar-refractivity contribution is 7.10. The van der Waals surface area contributed by atoms with Crippen molar-refractivity contribution in [1.82, 2.24) is 10.2 Å². The lowest BCUT2D eigenvalue weighted by Gasteiger charge is -2.26. The number of thiophene rings is 1. The van der Waals surface area contributed by atoms with Gasteiger partial charge in [0.1, 0.15) is 6.17 Å². The Bertz CT molecular complexity index is 465. The molecule has 3 nitrogen and oxygen atoms in total. The zero-order valence-corrected chi connectivity index (χ0v) is 13.2. The highest BCUT2D eigenvalue weighted by Crippen LogP contribution is 2.42. The Morgan fingerprint density at radius 2 is 2.25 bits per heavy atom. The van der Waals surface area contributed by atoms with Gasteiger partial charge in [-0.15, -0.1) is 11.3 Å². The molecule has 0 radical (unpaired) electrons. The summed E-state index contributed by atoms with van der Waals surface area (Å²) in [7, 11) is 0. The van der Waals surface area contributed by atoms with Gasteiger partial charge in [0.25, 0.3) is 0 Å². The highest BCUT2D eigenvalue weighted by atomic mass is 32.1. The van der Waals surface area contributed by atoms with Gasteiger partial charge in [0, 0.05) is 11.4 Å². The Morgan fingerprint density at radius 3 is 2.85 bits per heavy atom. The Hall–Kier alpha value is -0.870. The summed E-state index contributed by atoms with van der Waals surface area (Å²) >= 11 is 1.75. The number of nitrogens with zero attached hydrogens (tertiary/aromatic N) is 1. The van der Waals surface area contributed by atoms with E-state index in [9.17, 15) is 4.79 Å². The number of carbonyl (C=O) groups excluding carboxylic acids is 1. The second-order valence-electron chi connectivity index (χ2n) is 6.32. The summed E-state index contributed by atoms with van der Waals surface area (Å²) in [6.07, 6.45) is 5.57. The second-order valence-corrected chi connectivity index (χ2v) is 7.30. The molecule has 4 heteroatoms. The van der Waals surface area contributed by atoms with Crippen molar-refractivity contribution in [2.75, 3.05) is 6.54 Å². The van der Waals surface area contributed by atoms with Crippen molar-refractivity contribution in [3.8, 4) is 0 Å². The molecule has 0 bridgehead atoms. The molecule has 3 rings (SSSR count). The van der Waals surface area contributed by atoms with Crippen molar-refractivity contribution in [2.24, 2.45) is 5.92 Å². The van der Waals surface area contributed by atoms with Crippen molar-refractivity contribution in [3.63, 3.8) is 0 Å². The minimum absolute atomic E-state index is 0.0922. The second kappa shape index (κ2) is 5.49. The van der Waals surface area contributed by atoms with Crippen LogP contribution in [0.5, 0.6) is 0 Å². The predicted octanol–water partition coefficient (Wildman–Crippen LogP) is 3.54. The number of nitrogens with one attached hydrogen (secondary N) is 1. The third-order valence-electron chi connectivity index (χ3n) is 4.87. The Morgan fingerprint density at radius 1 is 1.50 bits per heavy atom. The predicted molar refractivity (Wildman–Crippen MR) is 82.6 cm³/mol. The first-order valence-corrected chi connectivity index (χ1v) is 8.66. The molecular formula is C16H24N2OS. The standard InChI is InChI=1S/C16H24N2OS/c1-3-12(2)11-18-14(13-7-6-10-20-13)17-16(15(18)19)8-4-5-9-16/h6-7,10,12,14,17H,3-5,8-9,11H2,1-2H3. The Kier molecular flexibility index (Phi) is 3.87. The maximum Gasteiger partial charge on any atom is 0.244 e. The van der Waals surface area contributed by atoms with Crippen LogP contribution in [-0.4, -0.2) is 22.9 Å². The average molecular weight is 292 g/mol. The zero-order chi connectivity index (χ0) is 14.2. The first-order chi connectivity index (χ1) is 9.66. The maximum atomic E-state index is 13.0. The van der Waals surface area contributed by atoms with Gasteiger partial charge in [0.15, 0.2) is 0 Å². The smallest absolute Gasteiger partial charge is 0.244 e. The quantitative estimate of drug-likeness (QED) is 0.920. The number of rotatable bonds is 4. The van der Waals surface area contributed by atoms with Crippen molar-refractivity contribution >= 4 is 17.2 Å². The minimum Gasteiger partial charge on any atom is -0.320 e. The molecule has 1 aromatic heterocycles. The first kappa shape index (κ1) is 14.1. The van der Waals surface area contributed by atoms with E-state index in [4.69, 9.17) is 0 Å². The van der Waals surface area contributed by atoms with Gasteiger partial charge in [0.05, 0.1) is 5.54 Å². The van der Waals surface area contributed by atoms with Gasteiger partial charge in [-0.25, -0.2) is 0 Å². The fourth-order valence-electron chi connectivity index (χ4n) is 3.46. The number of hydrogen-bond donors (Lipinski definition) is 1. The number of amides is 1. The van der Waals surface area contributed by atoms with Crippen molar-refractivity contribution in [1.29, 1.82) is 0 Å². The molecule has 2 aliphatic rings. The summed E-state index contributed by atoms with van der Waals surface area (Å²) in [6, 6.07) is 4.22. The van der Waals surface area contributed by atoms with Crippen LogP contribution in [0.3, 0.4) is 0 Å². The molecular weight excluding hydrogens is 268 g/mol. The summed E-state index contributed by atoms with van der Waals surface area (Å²) in [5.74, 6) is 0.897. The van der Waals surface area contributed by atoms with Crippen LogP contribution in [0.1, 0.15) is 57.0 Å². The molecule has 1 saturated heterocycles. The molecule has 2 fully saturated rings. The van der Waals surface area contributed by atoms with Crippen LogP contribution in [-0.2, 0) is 4.79 Å². The van der Waals surface area contributed by atoms with Crippen LogP contribution < -0.4 is 5.32 Å². The van der Waals surface area contributed by atoms with Crippen LogP contribution in [0, 0.1) is 5.92 Å². The molecule has 2 unspecified atom stereocenters. The molecule has 1 aliphatic heterocycles. The van der Waals surface area contributed by atoms with Crippen LogP contribution >= 0.6 is 11.3 Å². The van der Waals surface area contributed by atoms with Crippen molar-refractivity contribution in [2.45, 2.75) is 57.7 Å². The molecule has 1 aromatic rings. The molecule has 1 saturated carbocycles. The maximum absolute atomic E-state index is 13.0. The largest absolute Gasteiger partial charge is 0.320 e. The van der Waals surface area contributed by atoms with Gasteiger partial charge < -0.3 is 4.90 Å². The molecule has 1 amide bonds. The summed E-state index contributed by atoms with van der Waals surface area (Å²) < 4.78 is 0. The summed E-state index contributed by atoms with van der Waals surface area (Å²) in [5, 5.41) is 5.78. The third kappa shape index (κ3) is 2.29. The molecule has 1 spiro atoms. The van der Waals surface area contributed by atoms with E-state index in [-0.39, 0.29) is 11.7 Å². The molecule has 110 valence electrons. The summed E-state index contributed by atoms with van der Waals surface area (Å²) in [5.41, 5.74) is -0.262. The molecule has 1 N–H and O–H groups in total. The van der Waals surface area contributed by atoms with E-state index in [1.165, 1.54) is 17.7 Å². The van der Waals surface area contributed by atoms with E-state index in [1.54, 1.807) is 11.3 Å². The first-order valence-electron chi connectivity index (χ1n) is 7.78. The fourth-order valence-corrected chi connectivity index (χ4v) is 4.24. The lowest BCUT2D eigenvalue weighted by Crippen LogP contribution is -2.44. The topological polar surface area (TPSA) is 32.3 Å². The van der Waals surface area contributed by atoms with E-state index >= 15 is 0 Å². The van der Waals surface area contributed by atoms with Gasteiger partial charge in [-0.1, -0.05) is 39.2 Å². The Labute approximate surface area is 125 Å². The van der Waals surface area contributed by atoms with E-state index < -0.39 is 0 Å². The molecule has 1 aliphatic carbocycles. The van der Waals surface area contributed by atoms with Gasteiger partial charge in [-0.05, 0) is 30.2 Å². The lowest BCUT2D eigenvalue weighted by atomic mass is 9.97. The normalized spacial score (nSPS) is 26.6. The highest BCUT2D eigenvalue weighted by Gasteiger charge is 2.52. The summed E-state index contributed by atoms with van der Waals surface area (Å²) in [6.45, 7) is 5.30. The van der Waals surface area contributed by atoms with Gasteiger partial charge in [-0.3, -0.25) is 10.1 Å².